The van der Waals surface area contributed by atoms with E-state index >= 15 is 0 Å². The Bertz CT molecular complexity index is 402. The van der Waals surface area contributed by atoms with Crippen LogP contribution in [0.3, 0.4) is 0 Å². The molecule has 1 unspecified atom stereocenters. The van der Waals surface area contributed by atoms with Crippen LogP contribution < -0.4 is 0 Å². The van der Waals surface area contributed by atoms with Gasteiger partial charge in [-0.15, -0.1) is 0 Å². The van der Waals surface area contributed by atoms with Crippen LogP contribution in [0.4, 0.5) is 11.4 Å². The number of nitro groups is 2. The van der Waals surface area contributed by atoms with E-state index < -0.39 is 15.3 Å². The van der Waals surface area contributed by atoms with Crippen molar-refractivity contribution in [2.24, 2.45) is 0 Å². The van der Waals surface area contributed by atoms with E-state index in [9.17, 15) is 20.2 Å². The lowest BCUT2D eigenvalue weighted by molar-refractivity contribution is -0.394. The molecule has 0 aliphatic heterocycles. The van der Waals surface area contributed by atoms with Gasteiger partial charge in [0.2, 0.25) is 0 Å². The highest BCUT2D eigenvalue weighted by molar-refractivity contribution is 7.99. The average molecular weight is 244 g/mol. The van der Waals surface area contributed by atoms with E-state index in [0.717, 1.165) is 17.8 Å². The molecule has 0 fully saturated rings. The number of benzene rings is 1. The molecule has 0 saturated heterocycles. The molecule has 0 spiro atoms. The molecule has 0 saturated carbocycles. The zero-order valence-corrected chi connectivity index (χ0v) is 9.01. The van der Waals surface area contributed by atoms with Crippen LogP contribution >= 0.6 is 11.8 Å². The van der Waals surface area contributed by atoms with E-state index in [1.165, 1.54) is 19.1 Å². The molecule has 8 heteroatoms. The molecular weight excluding hydrogens is 236 g/mol. The van der Waals surface area contributed by atoms with Crippen LogP contribution in [0.1, 0.15) is 6.92 Å². The quantitative estimate of drug-likeness (QED) is 0.375. The first-order valence-corrected chi connectivity index (χ1v) is 5.06. The summed E-state index contributed by atoms with van der Waals surface area (Å²) < 4.78 is 0. The van der Waals surface area contributed by atoms with E-state index in [0.29, 0.717) is 0 Å². The Morgan fingerprint density at radius 1 is 1.19 bits per heavy atom. The second kappa shape index (κ2) is 4.90. The second-order valence-electron chi connectivity index (χ2n) is 2.92. The standard InChI is InChI=1S/C8H8N2O5S/c1-5(11)16-8-3-6(9(12)13)2-7(4-8)10(14)15/h2-5,11H,1H3. The van der Waals surface area contributed by atoms with Gasteiger partial charge in [0.15, 0.2) is 0 Å². The van der Waals surface area contributed by atoms with Crippen molar-refractivity contribution in [2.45, 2.75) is 17.3 Å². The molecule has 0 radical (unpaired) electrons. The van der Waals surface area contributed by atoms with E-state index in [4.69, 9.17) is 5.11 Å². The fourth-order valence-corrected chi connectivity index (χ4v) is 1.82. The van der Waals surface area contributed by atoms with Gasteiger partial charge in [-0.1, -0.05) is 11.8 Å². The predicted molar refractivity (Wildman–Crippen MR) is 57.3 cm³/mol. The van der Waals surface area contributed by atoms with Crippen LogP contribution in [-0.4, -0.2) is 20.4 Å². The minimum absolute atomic E-state index is 0.288. The van der Waals surface area contributed by atoms with Gasteiger partial charge in [-0.25, -0.2) is 0 Å². The maximum atomic E-state index is 10.5. The number of non-ortho nitro benzene ring substituents is 2. The first-order valence-electron chi connectivity index (χ1n) is 4.18. The number of nitrogens with zero attached hydrogens (tertiary/aromatic N) is 2. The Hall–Kier alpha value is -1.67. The maximum absolute atomic E-state index is 10.5. The molecule has 1 aromatic rings. The first kappa shape index (κ1) is 12.4. The van der Waals surface area contributed by atoms with Crippen LogP contribution in [0.2, 0.25) is 0 Å². The van der Waals surface area contributed by atoms with Gasteiger partial charge >= 0.3 is 0 Å². The lowest BCUT2D eigenvalue weighted by Crippen LogP contribution is -1.96. The lowest BCUT2D eigenvalue weighted by Gasteiger charge is -2.03. The van der Waals surface area contributed by atoms with E-state index in [2.05, 4.69) is 0 Å². The zero-order valence-electron chi connectivity index (χ0n) is 8.19. The fourth-order valence-electron chi connectivity index (χ4n) is 1.04. The molecular formula is C8H8N2O5S. The van der Waals surface area contributed by atoms with Crippen LogP contribution in [-0.2, 0) is 0 Å². The monoisotopic (exact) mass is 244 g/mol. The van der Waals surface area contributed by atoms with Gasteiger partial charge in [0.25, 0.3) is 11.4 Å². The molecule has 0 bridgehead atoms. The van der Waals surface area contributed by atoms with Gasteiger partial charge in [0.05, 0.1) is 15.9 Å². The summed E-state index contributed by atoms with van der Waals surface area (Å²) in [7, 11) is 0. The van der Waals surface area contributed by atoms with Gasteiger partial charge in [-0.3, -0.25) is 20.2 Å². The summed E-state index contributed by atoms with van der Waals surface area (Å²) >= 11 is 0.908. The molecule has 0 aliphatic carbocycles. The summed E-state index contributed by atoms with van der Waals surface area (Å²) in [5.41, 5.74) is -1.52. The van der Waals surface area contributed by atoms with Crippen molar-refractivity contribution in [3.8, 4) is 0 Å². The number of rotatable bonds is 4. The van der Waals surface area contributed by atoms with E-state index in [1.54, 1.807) is 0 Å². The van der Waals surface area contributed by atoms with Gasteiger partial charge < -0.3 is 5.11 Å². The number of aliphatic hydroxyl groups is 1. The molecule has 0 heterocycles. The van der Waals surface area contributed by atoms with Crippen molar-refractivity contribution >= 4 is 23.1 Å². The molecule has 0 amide bonds. The third-order valence-corrected chi connectivity index (χ3v) is 2.45. The Kier molecular flexibility index (Phi) is 3.80. The summed E-state index contributed by atoms with van der Waals surface area (Å²) in [6.45, 7) is 1.47. The molecule has 7 nitrogen and oxygen atoms in total. The zero-order chi connectivity index (χ0) is 12.3. The van der Waals surface area contributed by atoms with Crippen molar-refractivity contribution in [1.82, 2.24) is 0 Å². The molecule has 86 valence electrons. The number of hydrogen-bond donors (Lipinski definition) is 1. The third-order valence-electron chi connectivity index (χ3n) is 1.60. The van der Waals surface area contributed by atoms with Crippen molar-refractivity contribution in [3.05, 3.63) is 38.4 Å². The molecule has 1 rings (SSSR count). The van der Waals surface area contributed by atoms with Crippen LogP contribution in [0, 0.1) is 20.2 Å². The van der Waals surface area contributed by atoms with Crippen LogP contribution in [0.5, 0.6) is 0 Å². The van der Waals surface area contributed by atoms with Gasteiger partial charge in [0.1, 0.15) is 5.44 Å². The van der Waals surface area contributed by atoms with Gasteiger partial charge in [0, 0.05) is 17.0 Å². The molecule has 1 N–H and O–H groups in total. The van der Waals surface area contributed by atoms with Crippen molar-refractivity contribution in [2.75, 3.05) is 0 Å². The second-order valence-corrected chi connectivity index (χ2v) is 4.31. The Morgan fingerprint density at radius 3 is 1.94 bits per heavy atom. The Balaban J connectivity index is 3.18. The third kappa shape index (κ3) is 3.17. The maximum Gasteiger partial charge on any atom is 0.277 e. The molecule has 1 aromatic carbocycles. The number of nitro benzene ring substituents is 2. The first-order chi connectivity index (χ1) is 7.40. The van der Waals surface area contributed by atoms with Crippen molar-refractivity contribution in [3.63, 3.8) is 0 Å². The van der Waals surface area contributed by atoms with Crippen LogP contribution in [0.25, 0.3) is 0 Å². The Labute approximate surface area is 94.4 Å². The number of aliphatic hydroxyl groups excluding tert-OH is 1. The van der Waals surface area contributed by atoms with Gasteiger partial charge in [-0.2, -0.15) is 0 Å². The summed E-state index contributed by atoms with van der Waals surface area (Å²) in [5.74, 6) is 0. The topological polar surface area (TPSA) is 107 Å². The highest BCUT2D eigenvalue weighted by Gasteiger charge is 2.17. The molecule has 16 heavy (non-hydrogen) atoms. The number of thioether (sulfide) groups is 1. The summed E-state index contributed by atoms with van der Waals surface area (Å²) in [6.07, 6.45) is 0. The minimum atomic E-state index is -0.790. The van der Waals surface area contributed by atoms with Crippen molar-refractivity contribution < 1.29 is 15.0 Å². The smallest absolute Gasteiger partial charge is 0.277 e. The average Bonchev–Trinajstić information content (AvgIpc) is 2.15. The van der Waals surface area contributed by atoms with Crippen LogP contribution in [0.15, 0.2) is 23.1 Å². The van der Waals surface area contributed by atoms with Crippen molar-refractivity contribution in [1.29, 1.82) is 0 Å². The largest absolute Gasteiger partial charge is 0.382 e. The predicted octanol–water partition coefficient (Wildman–Crippen LogP) is 1.93. The summed E-state index contributed by atoms with van der Waals surface area (Å²) in [5, 5.41) is 30.1. The SMILES string of the molecule is CC(O)Sc1cc([N+](=O)[O-])cc([N+](=O)[O-])c1. The molecule has 0 aromatic heterocycles. The van der Waals surface area contributed by atoms with E-state index in [1.807, 2.05) is 0 Å². The van der Waals surface area contributed by atoms with Gasteiger partial charge in [-0.05, 0) is 6.92 Å². The summed E-state index contributed by atoms with van der Waals surface area (Å²) in [6, 6.07) is 3.25. The normalized spacial score (nSPS) is 12.1. The Morgan fingerprint density at radius 2 is 1.62 bits per heavy atom. The highest BCUT2D eigenvalue weighted by Crippen LogP contribution is 2.30. The van der Waals surface area contributed by atoms with E-state index in [-0.39, 0.29) is 16.3 Å². The molecule has 0 aliphatic rings. The highest BCUT2D eigenvalue weighted by atomic mass is 32.2. The lowest BCUT2D eigenvalue weighted by atomic mass is 10.3. The molecule has 1 atom stereocenters. The number of hydrogen-bond acceptors (Lipinski definition) is 6. The minimum Gasteiger partial charge on any atom is -0.382 e. The summed E-state index contributed by atoms with van der Waals surface area (Å²) in [4.78, 5) is 19.9. The fraction of sp³-hybridized carbons (Fsp3) is 0.250.